The Kier molecular flexibility index (Phi) is 3.59. The number of carbonyl (C=O) groups excluding carboxylic acids is 1. The van der Waals surface area contributed by atoms with E-state index in [0.29, 0.717) is 11.4 Å². The molecular formula is C13H16N4O2. The molecule has 2 aromatic heterocycles. The average Bonchev–Trinajstić information content (AvgIpc) is 2.82. The summed E-state index contributed by atoms with van der Waals surface area (Å²) in [5.41, 5.74) is 1.28. The lowest BCUT2D eigenvalue weighted by Crippen LogP contribution is -2.16. The lowest BCUT2D eigenvalue weighted by molar-refractivity contribution is 0.101. The number of ether oxygens (including phenoxy) is 1. The van der Waals surface area contributed by atoms with Gasteiger partial charge in [0.05, 0.1) is 13.3 Å². The molecule has 0 unspecified atom stereocenters. The van der Waals surface area contributed by atoms with Crippen molar-refractivity contribution in [2.45, 2.75) is 26.8 Å². The van der Waals surface area contributed by atoms with Crippen molar-refractivity contribution in [3.8, 4) is 5.75 Å². The molecule has 19 heavy (non-hydrogen) atoms. The Bertz CT molecular complexity index is 587. The molecule has 0 saturated carbocycles. The van der Waals surface area contributed by atoms with E-state index in [1.165, 1.54) is 13.3 Å². The summed E-state index contributed by atoms with van der Waals surface area (Å²) >= 11 is 0. The third kappa shape index (κ3) is 2.47. The number of carbonyl (C=O) groups is 1. The second kappa shape index (κ2) is 5.17. The summed E-state index contributed by atoms with van der Waals surface area (Å²) in [6, 6.07) is 0.0494. The van der Waals surface area contributed by atoms with Crippen molar-refractivity contribution in [1.82, 2.24) is 19.7 Å². The Labute approximate surface area is 111 Å². The summed E-state index contributed by atoms with van der Waals surface area (Å²) in [6.45, 7) is 5.76. The molecule has 0 fully saturated rings. The van der Waals surface area contributed by atoms with E-state index in [4.69, 9.17) is 4.74 Å². The molecule has 2 aromatic rings. The first-order valence-electron chi connectivity index (χ1n) is 5.99. The van der Waals surface area contributed by atoms with Crippen LogP contribution in [0.25, 0.3) is 0 Å². The van der Waals surface area contributed by atoms with Gasteiger partial charge in [-0.2, -0.15) is 5.10 Å². The smallest absolute Gasteiger partial charge is 0.252 e. The molecule has 2 rings (SSSR count). The highest BCUT2D eigenvalue weighted by molar-refractivity contribution is 6.07. The van der Waals surface area contributed by atoms with Gasteiger partial charge in [0.25, 0.3) is 5.78 Å². The van der Waals surface area contributed by atoms with Gasteiger partial charge in [-0.15, -0.1) is 0 Å². The second-order valence-electron chi connectivity index (χ2n) is 4.51. The van der Waals surface area contributed by atoms with E-state index in [9.17, 15) is 4.79 Å². The zero-order chi connectivity index (χ0) is 14.0. The van der Waals surface area contributed by atoms with Crippen LogP contribution in [0.1, 0.15) is 41.8 Å². The van der Waals surface area contributed by atoms with Crippen LogP contribution in [0.15, 0.2) is 18.6 Å². The van der Waals surface area contributed by atoms with Gasteiger partial charge >= 0.3 is 0 Å². The van der Waals surface area contributed by atoms with E-state index >= 15 is 0 Å². The zero-order valence-electron chi connectivity index (χ0n) is 11.4. The van der Waals surface area contributed by atoms with Crippen LogP contribution in [0, 0.1) is 6.92 Å². The van der Waals surface area contributed by atoms with Gasteiger partial charge < -0.3 is 4.74 Å². The average molecular weight is 260 g/mol. The number of hydrogen-bond donors (Lipinski definition) is 0. The van der Waals surface area contributed by atoms with E-state index in [-0.39, 0.29) is 17.6 Å². The third-order valence-corrected chi connectivity index (χ3v) is 2.67. The van der Waals surface area contributed by atoms with Gasteiger partial charge in [-0.05, 0) is 26.3 Å². The summed E-state index contributed by atoms with van der Waals surface area (Å²) < 4.78 is 6.80. The molecule has 0 spiro atoms. The minimum atomic E-state index is -0.289. The minimum Gasteiger partial charge on any atom is -0.493 e. The fraction of sp³-hybridized carbons (Fsp3) is 0.385. The first-order valence-corrected chi connectivity index (χ1v) is 5.99. The molecule has 0 aliphatic rings. The monoisotopic (exact) mass is 260 g/mol. The van der Waals surface area contributed by atoms with Crippen molar-refractivity contribution in [3.05, 3.63) is 35.7 Å². The van der Waals surface area contributed by atoms with Crippen molar-refractivity contribution in [2.75, 3.05) is 7.11 Å². The Morgan fingerprint density at radius 1 is 1.26 bits per heavy atom. The lowest BCUT2D eigenvalue weighted by Gasteiger charge is -2.10. The van der Waals surface area contributed by atoms with Crippen LogP contribution in [-0.4, -0.2) is 32.6 Å². The van der Waals surface area contributed by atoms with Crippen LogP contribution in [-0.2, 0) is 0 Å². The summed E-state index contributed by atoms with van der Waals surface area (Å²) in [5.74, 6) is 0.289. The van der Waals surface area contributed by atoms with Crippen LogP contribution in [0.4, 0.5) is 0 Å². The maximum absolute atomic E-state index is 12.5. The lowest BCUT2D eigenvalue weighted by atomic mass is 10.2. The third-order valence-electron chi connectivity index (χ3n) is 2.67. The van der Waals surface area contributed by atoms with Gasteiger partial charge in [0, 0.05) is 18.4 Å². The van der Waals surface area contributed by atoms with Gasteiger partial charge in [0.2, 0.25) is 5.82 Å². The number of nitrogens with zero attached hydrogens (tertiary/aromatic N) is 4. The second-order valence-corrected chi connectivity index (χ2v) is 4.51. The first kappa shape index (κ1) is 13.2. The number of rotatable bonds is 4. The van der Waals surface area contributed by atoms with E-state index in [1.54, 1.807) is 17.1 Å². The van der Waals surface area contributed by atoms with Gasteiger partial charge in [-0.25, -0.2) is 9.97 Å². The summed E-state index contributed by atoms with van der Waals surface area (Å²) in [7, 11) is 1.51. The van der Waals surface area contributed by atoms with Crippen molar-refractivity contribution in [2.24, 2.45) is 0 Å². The number of aryl methyl sites for hydroxylation is 1. The Morgan fingerprint density at radius 2 is 1.89 bits per heavy atom. The van der Waals surface area contributed by atoms with Crippen LogP contribution in [0.5, 0.6) is 5.75 Å². The van der Waals surface area contributed by atoms with Crippen LogP contribution >= 0.6 is 0 Å². The Morgan fingerprint density at radius 3 is 2.42 bits per heavy atom. The molecule has 0 aliphatic heterocycles. The molecule has 0 N–H and O–H groups in total. The van der Waals surface area contributed by atoms with Gasteiger partial charge in [0.1, 0.15) is 0 Å². The molecule has 0 saturated heterocycles. The molecule has 0 bridgehead atoms. The predicted molar refractivity (Wildman–Crippen MR) is 69.4 cm³/mol. The molecule has 0 radical (unpaired) electrons. The molecular weight excluding hydrogens is 244 g/mol. The Hall–Kier alpha value is -2.24. The maximum Gasteiger partial charge on any atom is 0.252 e. The Balaban J connectivity index is 2.48. The summed E-state index contributed by atoms with van der Waals surface area (Å²) in [5, 5.41) is 4.17. The first-order chi connectivity index (χ1) is 9.04. The SMILES string of the molecule is COc1cnn(C(C)C)c1C(=O)c1ncc(C)cn1. The zero-order valence-corrected chi connectivity index (χ0v) is 11.4. The summed E-state index contributed by atoms with van der Waals surface area (Å²) in [4.78, 5) is 20.6. The highest BCUT2D eigenvalue weighted by Crippen LogP contribution is 2.22. The van der Waals surface area contributed by atoms with Gasteiger partial charge in [-0.1, -0.05) is 0 Å². The van der Waals surface area contributed by atoms with Crippen molar-refractivity contribution < 1.29 is 9.53 Å². The van der Waals surface area contributed by atoms with Gasteiger partial charge in [-0.3, -0.25) is 9.48 Å². The molecule has 0 atom stereocenters. The molecule has 2 heterocycles. The quantitative estimate of drug-likeness (QED) is 0.784. The fourth-order valence-electron chi connectivity index (χ4n) is 1.72. The van der Waals surface area contributed by atoms with E-state index in [0.717, 1.165) is 5.56 Å². The minimum absolute atomic E-state index is 0.0494. The maximum atomic E-state index is 12.5. The summed E-state index contributed by atoms with van der Waals surface area (Å²) in [6.07, 6.45) is 4.76. The molecule has 100 valence electrons. The number of aromatic nitrogens is 4. The van der Waals surface area contributed by atoms with E-state index in [2.05, 4.69) is 15.1 Å². The standard InChI is InChI=1S/C13H16N4O2/c1-8(2)17-11(10(19-4)7-16-17)12(18)13-14-5-9(3)6-15-13/h5-8H,1-4H3. The molecule has 6 nitrogen and oxygen atoms in total. The normalized spacial score (nSPS) is 10.8. The topological polar surface area (TPSA) is 69.9 Å². The van der Waals surface area contributed by atoms with Crippen LogP contribution in [0.2, 0.25) is 0 Å². The largest absolute Gasteiger partial charge is 0.493 e. The number of methoxy groups -OCH3 is 1. The van der Waals surface area contributed by atoms with Crippen molar-refractivity contribution >= 4 is 5.78 Å². The number of hydrogen-bond acceptors (Lipinski definition) is 5. The molecule has 0 aromatic carbocycles. The van der Waals surface area contributed by atoms with Crippen LogP contribution < -0.4 is 4.74 Å². The predicted octanol–water partition coefficient (Wildman–Crippen LogP) is 1.80. The van der Waals surface area contributed by atoms with Crippen molar-refractivity contribution in [3.63, 3.8) is 0 Å². The highest BCUT2D eigenvalue weighted by atomic mass is 16.5. The number of ketones is 1. The van der Waals surface area contributed by atoms with Gasteiger partial charge in [0.15, 0.2) is 11.4 Å². The van der Waals surface area contributed by atoms with E-state index < -0.39 is 0 Å². The fourth-order valence-corrected chi connectivity index (χ4v) is 1.72. The van der Waals surface area contributed by atoms with E-state index in [1.807, 2.05) is 20.8 Å². The molecule has 0 aliphatic carbocycles. The highest BCUT2D eigenvalue weighted by Gasteiger charge is 2.24. The van der Waals surface area contributed by atoms with Crippen molar-refractivity contribution in [1.29, 1.82) is 0 Å². The molecule has 6 heteroatoms. The molecule has 0 amide bonds. The van der Waals surface area contributed by atoms with Crippen LogP contribution in [0.3, 0.4) is 0 Å².